The molecule has 0 unspecified atom stereocenters. The Hall–Kier alpha value is -2.74. The van der Waals surface area contributed by atoms with Crippen LogP contribution in [-0.2, 0) is 0 Å². The summed E-state index contributed by atoms with van der Waals surface area (Å²) in [6.07, 6.45) is 5.06. The van der Waals surface area contributed by atoms with E-state index in [1.165, 1.54) is 10.8 Å². The Balaban J connectivity index is 1.80. The van der Waals surface area contributed by atoms with Gasteiger partial charge in [0.2, 0.25) is 0 Å². The molecule has 3 rings (SSSR count). The topological polar surface area (TPSA) is 48.8 Å². The van der Waals surface area contributed by atoms with E-state index in [1.807, 2.05) is 43.3 Å². The van der Waals surface area contributed by atoms with Gasteiger partial charge in [0, 0.05) is 16.0 Å². The summed E-state index contributed by atoms with van der Waals surface area (Å²) in [6, 6.07) is 22.4. The standard InChI is InChI=1S/C22H20ClN3/c1-16(25-26-24)22(19-11-13-21(23)14-12-19)8-4-5-17-9-10-18-6-2-3-7-20(18)15-17/h2-7,9-16,22H,8H2,1H3/b5-4+/t16-,22+/m0/s1. The molecule has 0 N–H and O–H groups in total. The second-order valence-electron chi connectivity index (χ2n) is 6.35. The summed E-state index contributed by atoms with van der Waals surface area (Å²) in [4.78, 5) is 2.97. The Morgan fingerprint density at radius 3 is 2.50 bits per heavy atom. The molecule has 130 valence electrons. The van der Waals surface area contributed by atoms with Gasteiger partial charge in [-0.2, -0.15) is 0 Å². The molecule has 4 heteroatoms. The van der Waals surface area contributed by atoms with Crippen molar-refractivity contribution in [2.75, 3.05) is 0 Å². The molecule has 0 heterocycles. The summed E-state index contributed by atoms with van der Waals surface area (Å²) in [5.41, 5.74) is 11.1. The first-order chi connectivity index (χ1) is 12.7. The number of fused-ring (bicyclic) bond motifs is 1. The van der Waals surface area contributed by atoms with Gasteiger partial charge in [-0.1, -0.05) is 84.3 Å². The Bertz CT molecular complexity index is 957. The number of nitrogens with zero attached hydrogens (tertiary/aromatic N) is 3. The van der Waals surface area contributed by atoms with Gasteiger partial charge in [-0.3, -0.25) is 0 Å². The van der Waals surface area contributed by atoms with E-state index in [9.17, 15) is 0 Å². The van der Waals surface area contributed by atoms with E-state index in [-0.39, 0.29) is 12.0 Å². The highest BCUT2D eigenvalue weighted by atomic mass is 35.5. The Kier molecular flexibility index (Phi) is 5.96. The summed E-state index contributed by atoms with van der Waals surface area (Å²) in [7, 11) is 0. The summed E-state index contributed by atoms with van der Waals surface area (Å²) < 4.78 is 0. The van der Waals surface area contributed by atoms with Crippen molar-refractivity contribution < 1.29 is 0 Å². The molecule has 0 radical (unpaired) electrons. The molecule has 0 aliphatic carbocycles. The molecular weight excluding hydrogens is 342 g/mol. The van der Waals surface area contributed by atoms with E-state index in [4.69, 9.17) is 17.1 Å². The molecule has 0 spiro atoms. The molecule has 0 aliphatic rings. The number of halogens is 1. The molecule has 3 aromatic carbocycles. The van der Waals surface area contributed by atoms with Crippen LogP contribution in [0.25, 0.3) is 27.3 Å². The smallest absolute Gasteiger partial charge is 0.0417 e. The fourth-order valence-electron chi connectivity index (χ4n) is 3.15. The van der Waals surface area contributed by atoms with E-state index in [0.29, 0.717) is 5.02 Å². The molecule has 3 nitrogen and oxygen atoms in total. The largest absolute Gasteiger partial charge is 0.0903 e. The van der Waals surface area contributed by atoms with Crippen molar-refractivity contribution in [3.8, 4) is 0 Å². The summed E-state index contributed by atoms with van der Waals surface area (Å²) in [6.45, 7) is 1.95. The number of allylic oxidation sites excluding steroid dienone is 1. The van der Waals surface area contributed by atoms with Gasteiger partial charge in [0.25, 0.3) is 0 Å². The fourth-order valence-corrected chi connectivity index (χ4v) is 3.27. The van der Waals surface area contributed by atoms with Crippen LogP contribution in [0.2, 0.25) is 5.02 Å². The number of hydrogen-bond acceptors (Lipinski definition) is 1. The average molecular weight is 362 g/mol. The Labute approximate surface area is 158 Å². The summed E-state index contributed by atoms with van der Waals surface area (Å²) in [5.74, 6) is 0.111. The maximum absolute atomic E-state index is 8.80. The van der Waals surface area contributed by atoms with Crippen LogP contribution >= 0.6 is 11.6 Å². The lowest BCUT2D eigenvalue weighted by molar-refractivity contribution is 0.572. The number of azide groups is 1. The van der Waals surface area contributed by atoms with E-state index < -0.39 is 0 Å². The molecule has 0 fully saturated rings. The highest BCUT2D eigenvalue weighted by molar-refractivity contribution is 6.30. The lowest BCUT2D eigenvalue weighted by Crippen LogP contribution is -2.11. The van der Waals surface area contributed by atoms with Crippen molar-refractivity contribution in [3.63, 3.8) is 0 Å². The van der Waals surface area contributed by atoms with Gasteiger partial charge in [0.15, 0.2) is 0 Å². The van der Waals surface area contributed by atoms with Crippen molar-refractivity contribution >= 4 is 28.4 Å². The Morgan fingerprint density at radius 2 is 1.77 bits per heavy atom. The van der Waals surface area contributed by atoms with Crippen molar-refractivity contribution in [1.82, 2.24) is 0 Å². The number of benzene rings is 3. The van der Waals surface area contributed by atoms with E-state index >= 15 is 0 Å². The molecule has 0 amide bonds. The molecular formula is C22H20ClN3. The maximum atomic E-state index is 8.80. The monoisotopic (exact) mass is 361 g/mol. The van der Waals surface area contributed by atoms with Gasteiger partial charge in [0.05, 0.1) is 0 Å². The van der Waals surface area contributed by atoms with Crippen molar-refractivity contribution in [1.29, 1.82) is 0 Å². The summed E-state index contributed by atoms with van der Waals surface area (Å²) in [5, 5.41) is 7.07. The van der Waals surface area contributed by atoms with Crippen LogP contribution in [0, 0.1) is 0 Å². The average Bonchev–Trinajstić information content (AvgIpc) is 2.66. The van der Waals surface area contributed by atoms with Crippen LogP contribution in [0.5, 0.6) is 0 Å². The quantitative estimate of drug-likeness (QED) is 0.250. The van der Waals surface area contributed by atoms with Crippen molar-refractivity contribution in [3.05, 3.63) is 99.4 Å². The fraction of sp³-hybridized carbons (Fsp3) is 0.182. The van der Waals surface area contributed by atoms with E-state index in [1.54, 1.807) is 0 Å². The zero-order chi connectivity index (χ0) is 18.4. The predicted molar refractivity (Wildman–Crippen MR) is 110 cm³/mol. The molecule has 3 aromatic rings. The summed E-state index contributed by atoms with van der Waals surface area (Å²) >= 11 is 5.99. The van der Waals surface area contributed by atoms with Crippen LogP contribution in [0.3, 0.4) is 0 Å². The lowest BCUT2D eigenvalue weighted by Gasteiger charge is -2.19. The minimum Gasteiger partial charge on any atom is -0.0903 e. The molecule has 0 bridgehead atoms. The van der Waals surface area contributed by atoms with E-state index in [0.717, 1.165) is 17.5 Å². The van der Waals surface area contributed by atoms with Gasteiger partial charge in [-0.25, -0.2) is 0 Å². The molecule has 0 aliphatic heterocycles. The molecule has 0 saturated heterocycles. The minimum absolute atomic E-state index is 0.111. The molecule has 26 heavy (non-hydrogen) atoms. The highest BCUT2D eigenvalue weighted by Crippen LogP contribution is 2.28. The predicted octanol–water partition coefficient (Wildman–Crippen LogP) is 7.38. The van der Waals surface area contributed by atoms with Gasteiger partial charge in [0.1, 0.15) is 0 Å². The molecule has 2 atom stereocenters. The van der Waals surface area contributed by atoms with Gasteiger partial charge >= 0.3 is 0 Å². The number of rotatable bonds is 6. The first kappa shape index (κ1) is 18.1. The lowest BCUT2D eigenvalue weighted by atomic mass is 9.89. The van der Waals surface area contributed by atoms with Crippen molar-refractivity contribution in [2.24, 2.45) is 5.11 Å². The first-order valence-corrected chi connectivity index (χ1v) is 9.00. The third-order valence-electron chi connectivity index (χ3n) is 4.59. The molecule has 0 saturated carbocycles. The Morgan fingerprint density at radius 1 is 1.04 bits per heavy atom. The third kappa shape index (κ3) is 4.45. The van der Waals surface area contributed by atoms with E-state index in [2.05, 4.69) is 52.5 Å². The zero-order valence-electron chi connectivity index (χ0n) is 14.6. The van der Waals surface area contributed by atoms with Crippen LogP contribution < -0.4 is 0 Å². The van der Waals surface area contributed by atoms with Crippen LogP contribution in [-0.4, -0.2) is 6.04 Å². The second kappa shape index (κ2) is 8.57. The van der Waals surface area contributed by atoms with Crippen LogP contribution in [0.1, 0.15) is 30.4 Å². The highest BCUT2D eigenvalue weighted by Gasteiger charge is 2.17. The zero-order valence-corrected chi connectivity index (χ0v) is 15.3. The SMILES string of the molecule is C[C@H](N=[N+]=[N-])[C@@H](C/C=C/c1ccc2ccccc2c1)c1ccc(Cl)cc1. The van der Waals surface area contributed by atoms with Gasteiger partial charge < -0.3 is 0 Å². The van der Waals surface area contributed by atoms with Gasteiger partial charge in [-0.15, -0.1) is 0 Å². The minimum atomic E-state index is -0.137. The second-order valence-corrected chi connectivity index (χ2v) is 6.78. The van der Waals surface area contributed by atoms with Crippen LogP contribution in [0.4, 0.5) is 0 Å². The van der Waals surface area contributed by atoms with Crippen molar-refractivity contribution in [2.45, 2.75) is 25.3 Å². The third-order valence-corrected chi connectivity index (χ3v) is 4.84. The maximum Gasteiger partial charge on any atom is 0.0417 e. The molecule has 0 aromatic heterocycles. The first-order valence-electron chi connectivity index (χ1n) is 8.62. The number of hydrogen-bond donors (Lipinski definition) is 0. The normalized spacial score (nSPS) is 13.5. The van der Waals surface area contributed by atoms with Crippen LogP contribution in [0.15, 0.2) is 77.9 Å². The van der Waals surface area contributed by atoms with Gasteiger partial charge in [-0.05, 0) is 58.0 Å².